The fraction of sp³-hybridized carbons (Fsp3) is 0.250. The quantitative estimate of drug-likeness (QED) is 0.372. The van der Waals surface area contributed by atoms with E-state index in [-0.39, 0.29) is 5.78 Å². The van der Waals surface area contributed by atoms with Crippen LogP contribution in [0.1, 0.15) is 42.1 Å². The third-order valence-corrected chi connectivity index (χ3v) is 3.85. The van der Waals surface area contributed by atoms with Crippen LogP contribution in [0.25, 0.3) is 0 Å². The summed E-state index contributed by atoms with van der Waals surface area (Å²) in [5.74, 6) is -0.0142. The summed E-state index contributed by atoms with van der Waals surface area (Å²) in [5, 5.41) is 3.71. The van der Waals surface area contributed by atoms with Crippen molar-refractivity contribution in [1.29, 1.82) is 0 Å². The van der Waals surface area contributed by atoms with Crippen molar-refractivity contribution in [2.24, 2.45) is 0 Å². The maximum Gasteiger partial charge on any atom is 0.187 e. The van der Waals surface area contributed by atoms with Crippen molar-refractivity contribution in [1.82, 2.24) is 0 Å². The maximum atomic E-state index is 12.1. The molecule has 0 amide bonds. The van der Waals surface area contributed by atoms with Crippen molar-refractivity contribution >= 4 is 23.1 Å². The predicted molar refractivity (Wildman–Crippen MR) is 98.2 cm³/mol. The number of carbonyl (C=O) groups is 1. The summed E-state index contributed by atoms with van der Waals surface area (Å²) >= 11 is 5.91. The van der Waals surface area contributed by atoms with Crippen molar-refractivity contribution in [3.8, 4) is 0 Å². The molecule has 0 aromatic heterocycles. The molecular formula is C20H22ClNO. The molecule has 120 valence electrons. The average Bonchev–Trinajstić information content (AvgIpc) is 2.56. The summed E-state index contributed by atoms with van der Waals surface area (Å²) in [4.78, 5) is 12.1. The topological polar surface area (TPSA) is 29.1 Å². The van der Waals surface area contributed by atoms with E-state index in [0.29, 0.717) is 10.6 Å². The lowest BCUT2D eigenvalue weighted by Gasteiger charge is -2.03. The summed E-state index contributed by atoms with van der Waals surface area (Å²) in [7, 11) is 0. The Bertz CT molecular complexity index is 662. The fourth-order valence-corrected chi connectivity index (χ4v) is 2.49. The number of carbonyl (C=O) groups excluding carboxylic acids is 1. The molecule has 2 rings (SSSR count). The van der Waals surface area contributed by atoms with E-state index in [1.54, 1.807) is 6.20 Å². The summed E-state index contributed by atoms with van der Waals surface area (Å²) in [6.45, 7) is 2.20. The van der Waals surface area contributed by atoms with Gasteiger partial charge in [0.15, 0.2) is 5.78 Å². The van der Waals surface area contributed by atoms with Crippen LogP contribution in [0.15, 0.2) is 60.8 Å². The van der Waals surface area contributed by atoms with Crippen molar-refractivity contribution in [2.75, 3.05) is 5.32 Å². The van der Waals surface area contributed by atoms with Gasteiger partial charge < -0.3 is 5.32 Å². The normalized spacial score (nSPS) is 10.9. The van der Waals surface area contributed by atoms with Crippen LogP contribution in [0.3, 0.4) is 0 Å². The summed E-state index contributed by atoms with van der Waals surface area (Å²) in [5.41, 5.74) is 2.84. The monoisotopic (exact) mass is 327 g/mol. The van der Waals surface area contributed by atoms with E-state index in [0.717, 1.165) is 12.1 Å². The Kier molecular flexibility index (Phi) is 6.89. The lowest BCUT2D eigenvalue weighted by molar-refractivity contribution is 0.104. The van der Waals surface area contributed by atoms with Gasteiger partial charge in [0.05, 0.1) is 0 Å². The SMILES string of the molecule is CCCCCc1ccc(C(=O)/C=C/Nc2cccc(Cl)c2)cc1. The zero-order valence-corrected chi connectivity index (χ0v) is 14.1. The minimum absolute atomic E-state index is 0.0142. The Hall–Kier alpha value is -2.06. The van der Waals surface area contributed by atoms with Gasteiger partial charge in [0.25, 0.3) is 0 Å². The van der Waals surface area contributed by atoms with Crippen LogP contribution in [0.4, 0.5) is 5.69 Å². The lowest BCUT2D eigenvalue weighted by atomic mass is 10.0. The minimum Gasteiger partial charge on any atom is -0.362 e. The van der Waals surface area contributed by atoms with Gasteiger partial charge in [-0.05, 0) is 36.6 Å². The molecule has 0 aliphatic carbocycles. The van der Waals surface area contributed by atoms with Crippen LogP contribution in [0, 0.1) is 0 Å². The molecule has 2 nitrogen and oxygen atoms in total. The number of rotatable bonds is 8. The van der Waals surface area contributed by atoms with Gasteiger partial charge in [-0.25, -0.2) is 0 Å². The third kappa shape index (κ3) is 5.91. The number of anilines is 1. The molecule has 0 saturated carbocycles. The predicted octanol–water partition coefficient (Wildman–Crippen LogP) is 5.88. The van der Waals surface area contributed by atoms with E-state index >= 15 is 0 Å². The zero-order valence-electron chi connectivity index (χ0n) is 13.4. The smallest absolute Gasteiger partial charge is 0.187 e. The van der Waals surface area contributed by atoms with Crippen LogP contribution < -0.4 is 5.32 Å². The molecule has 0 spiro atoms. The Morgan fingerprint density at radius 2 is 1.91 bits per heavy atom. The highest BCUT2D eigenvalue weighted by molar-refractivity contribution is 6.30. The van der Waals surface area contributed by atoms with Gasteiger partial charge in [0.1, 0.15) is 0 Å². The number of halogens is 1. The Labute approximate surface area is 143 Å². The number of hydrogen-bond donors (Lipinski definition) is 1. The molecule has 0 fully saturated rings. The van der Waals surface area contributed by atoms with Gasteiger partial charge in [0, 0.05) is 28.5 Å². The Morgan fingerprint density at radius 3 is 2.61 bits per heavy atom. The molecule has 1 N–H and O–H groups in total. The molecule has 2 aromatic carbocycles. The number of unbranched alkanes of at least 4 members (excludes halogenated alkanes) is 2. The third-order valence-electron chi connectivity index (χ3n) is 3.62. The lowest BCUT2D eigenvalue weighted by Crippen LogP contribution is -1.97. The molecule has 0 bridgehead atoms. The minimum atomic E-state index is -0.0142. The van der Waals surface area contributed by atoms with Gasteiger partial charge >= 0.3 is 0 Å². The Balaban J connectivity index is 1.88. The largest absolute Gasteiger partial charge is 0.362 e. The van der Waals surface area contributed by atoms with Crippen LogP contribution in [-0.4, -0.2) is 5.78 Å². The molecule has 0 atom stereocenters. The second-order valence-corrected chi connectivity index (χ2v) is 5.94. The van der Waals surface area contributed by atoms with Crippen LogP contribution >= 0.6 is 11.6 Å². The standard InChI is InChI=1S/C20H22ClNO/c1-2-3-4-6-16-9-11-17(12-10-16)20(23)13-14-22-19-8-5-7-18(21)15-19/h5,7-15,22H,2-4,6H2,1H3/b14-13+. The number of aryl methyl sites for hydroxylation is 1. The molecule has 23 heavy (non-hydrogen) atoms. The first-order valence-corrected chi connectivity index (χ1v) is 8.39. The van der Waals surface area contributed by atoms with E-state index in [9.17, 15) is 4.79 Å². The molecule has 0 aliphatic heterocycles. The fourth-order valence-electron chi connectivity index (χ4n) is 2.30. The number of hydrogen-bond acceptors (Lipinski definition) is 2. The highest BCUT2D eigenvalue weighted by Crippen LogP contribution is 2.15. The first-order chi connectivity index (χ1) is 11.2. The molecule has 3 heteroatoms. The highest BCUT2D eigenvalue weighted by atomic mass is 35.5. The molecular weight excluding hydrogens is 306 g/mol. The molecule has 2 aromatic rings. The molecule has 0 saturated heterocycles. The highest BCUT2D eigenvalue weighted by Gasteiger charge is 2.01. The number of nitrogens with one attached hydrogen (secondary N) is 1. The van der Waals surface area contributed by atoms with Crippen LogP contribution in [-0.2, 0) is 6.42 Å². The van der Waals surface area contributed by atoms with Gasteiger partial charge in [0.2, 0.25) is 0 Å². The zero-order chi connectivity index (χ0) is 16.5. The van der Waals surface area contributed by atoms with Gasteiger partial charge in [-0.3, -0.25) is 4.79 Å². The van der Waals surface area contributed by atoms with Gasteiger partial charge in [-0.1, -0.05) is 61.7 Å². The van der Waals surface area contributed by atoms with E-state index in [2.05, 4.69) is 12.2 Å². The molecule has 0 aliphatic rings. The molecule has 0 heterocycles. The first-order valence-electron chi connectivity index (χ1n) is 8.01. The Morgan fingerprint density at radius 1 is 1.13 bits per heavy atom. The van der Waals surface area contributed by atoms with Gasteiger partial charge in [-0.15, -0.1) is 0 Å². The van der Waals surface area contributed by atoms with E-state index < -0.39 is 0 Å². The molecule has 0 unspecified atom stereocenters. The average molecular weight is 328 g/mol. The van der Waals surface area contributed by atoms with Crippen LogP contribution in [0.5, 0.6) is 0 Å². The number of ketones is 1. The summed E-state index contributed by atoms with van der Waals surface area (Å²) in [6, 6.07) is 15.2. The summed E-state index contributed by atoms with van der Waals surface area (Å²) in [6.07, 6.45) is 7.93. The van der Waals surface area contributed by atoms with Crippen molar-refractivity contribution in [3.05, 3.63) is 77.0 Å². The van der Waals surface area contributed by atoms with E-state index in [1.165, 1.54) is 30.9 Å². The molecule has 0 radical (unpaired) electrons. The second kappa shape index (κ2) is 9.16. The van der Waals surface area contributed by atoms with Crippen molar-refractivity contribution < 1.29 is 4.79 Å². The second-order valence-electron chi connectivity index (χ2n) is 5.51. The first kappa shape index (κ1) is 17.3. The van der Waals surface area contributed by atoms with E-state index in [4.69, 9.17) is 11.6 Å². The van der Waals surface area contributed by atoms with Gasteiger partial charge in [-0.2, -0.15) is 0 Å². The van der Waals surface area contributed by atoms with Crippen LogP contribution in [0.2, 0.25) is 5.02 Å². The summed E-state index contributed by atoms with van der Waals surface area (Å²) < 4.78 is 0. The van der Waals surface area contributed by atoms with E-state index in [1.807, 2.05) is 48.5 Å². The maximum absolute atomic E-state index is 12.1. The van der Waals surface area contributed by atoms with Crippen molar-refractivity contribution in [3.63, 3.8) is 0 Å². The number of benzene rings is 2. The van der Waals surface area contributed by atoms with Crippen molar-refractivity contribution in [2.45, 2.75) is 32.6 Å². The number of allylic oxidation sites excluding steroid dienone is 1.